The van der Waals surface area contributed by atoms with Crippen molar-refractivity contribution in [2.45, 2.75) is 13.8 Å². The molecule has 0 unspecified atom stereocenters. The molecule has 6 aromatic rings. The van der Waals surface area contributed by atoms with E-state index in [-0.39, 0.29) is 0 Å². The zero-order chi connectivity index (χ0) is 30.5. The van der Waals surface area contributed by atoms with E-state index < -0.39 is 0 Å². The molecule has 6 aromatic carbocycles. The molecular weight excluding hydrogens is 540 g/mol. The number of azo groups is 1. The van der Waals surface area contributed by atoms with E-state index >= 15 is 0 Å². The highest BCUT2D eigenvalue weighted by Crippen LogP contribution is 2.32. The summed E-state index contributed by atoms with van der Waals surface area (Å²) in [6, 6.07) is 44.4. The third kappa shape index (κ3) is 6.20. The van der Waals surface area contributed by atoms with Gasteiger partial charge in [0.05, 0.1) is 11.4 Å². The van der Waals surface area contributed by atoms with Gasteiger partial charge >= 0.3 is 0 Å². The van der Waals surface area contributed by atoms with Crippen LogP contribution in [0.4, 0.5) is 11.4 Å². The molecule has 0 atom stereocenters. The van der Waals surface area contributed by atoms with Gasteiger partial charge in [-0.05, 0) is 93.7 Å². The summed E-state index contributed by atoms with van der Waals surface area (Å²) in [5.41, 5.74) is 14.1. The summed E-state index contributed by atoms with van der Waals surface area (Å²) < 4.78 is 0. The molecule has 0 radical (unpaired) electrons. The van der Waals surface area contributed by atoms with Crippen molar-refractivity contribution >= 4 is 23.9 Å². The van der Waals surface area contributed by atoms with Gasteiger partial charge in [0.2, 0.25) is 0 Å². The zero-order valence-electron chi connectivity index (χ0n) is 24.6. The van der Waals surface area contributed by atoms with Crippen molar-refractivity contribution in [1.82, 2.24) is 0 Å². The highest BCUT2D eigenvalue weighted by atomic mass is 16.1. The molecule has 4 nitrogen and oxygen atoms in total. The minimum Gasteiger partial charge on any atom is -0.298 e. The first-order valence-corrected chi connectivity index (χ1v) is 14.5. The Balaban J connectivity index is 1.14. The highest BCUT2D eigenvalue weighted by Gasteiger charge is 2.07. The predicted octanol–water partition coefficient (Wildman–Crippen LogP) is 11.0. The second-order valence-corrected chi connectivity index (χ2v) is 10.8. The molecule has 0 N–H and O–H groups in total. The van der Waals surface area contributed by atoms with Gasteiger partial charge in [-0.1, -0.05) is 109 Å². The zero-order valence-corrected chi connectivity index (χ0v) is 24.6. The minimum atomic E-state index is 0.674. The molecule has 44 heavy (non-hydrogen) atoms. The molecule has 0 aliphatic rings. The minimum absolute atomic E-state index is 0.674. The maximum absolute atomic E-state index is 10.9. The van der Waals surface area contributed by atoms with Crippen LogP contribution in [-0.4, -0.2) is 12.6 Å². The third-order valence-corrected chi connectivity index (χ3v) is 7.85. The fourth-order valence-electron chi connectivity index (χ4n) is 5.38. The molecule has 4 heteroatoms. The average Bonchev–Trinajstić information content (AvgIpc) is 3.08. The summed E-state index contributed by atoms with van der Waals surface area (Å²) in [5, 5.41) is 9.04. The number of hydrogen-bond donors (Lipinski definition) is 0. The molecule has 6 rings (SSSR count). The van der Waals surface area contributed by atoms with Gasteiger partial charge in [0.25, 0.3) is 0 Å². The highest BCUT2D eigenvalue weighted by molar-refractivity contribution is 5.79. The largest absolute Gasteiger partial charge is 0.298 e. The molecular formula is C40H30N2O2. The van der Waals surface area contributed by atoms with Crippen molar-refractivity contribution in [3.63, 3.8) is 0 Å². The lowest BCUT2D eigenvalue weighted by molar-refractivity contribution is 0.111. The summed E-state index contributed by atoms with van der Waals surface area (Å²) in [6.45, 7) is 4.18. The second kappa shape index (κ2) is 12.6. The van der Waals surface area contributed by atoms with Crippen LogP contribution in [-0.2, 0) is 0 Å². The van der Waals surface area contributed by atoms with Gasteiger partial charge < -0.3 is 0 Å². The van der Waals surface area contributed by atoms with E-state index in [1.165, 1.54) is 0 Å². The van der Waals surface area contributed by atoms with Crippen LogP contribution in [0.5, 0.6) is 0 Å². The quantitative estimate of drug-likeness (QED) is 0.135. The number of carbonyl (C=O) groups excluding carboxylic acids is 2. The molecule has 0 saturated carbocycles. The van der Waals surface area contributed by atoms with Gasteiger partial charge in [-0.15, -0.1) is 0 Å². The van der Waals surface area contributed by atoms with Crippen LogP contribution in [0.25, 0.3) is 44.5 Å². The van der Waals surface area contributed by atoms with Crippen molar-refractivity contribution < 1.29 is 9.59 Å². The van der Waals surface area contributed by atoms with Gasteiger partial charge in [0.15, 0.2) is 0 Å². The molecule has 0 heterocycles. The van der Waals surface area contributed by atoms with E-state index in [2.05, 4.69) is 96.9 Å². The number of aryl methyl sites for hydroxylation is 2. The molecule has 0 amide bonds. The molecule has 0 saturated heterocycles. The van der Waals surface area contributed by atoms with Crippen molar-refractivity contribution in [1.29, 1.82) is 0 Å². The Hall–Kier alpha value is -5.74. The van der Waals surface area contributed by atoms with Crippen LogP contribution in [0, 0.1) is 13.8 Å². The first-order chi connectivity index (χ1) is 21.5. The lowest BCUT2D eigenvalue weighted by atomic mass is 9.97. The summed E-state index contributed by atoms with van der Waals surface area (Å²) in [5.74, 6) is 0. The normalized spacial score (nSPS) is 11.0. The predicted molar refractivity (Wildman–Crippen MR) is 179 cm³/mol. The van der Waals surface area contributed by atoms with E-state index in [1.807, 2.05) is 60.7 Å². The Bertz CT molecular complexity index is 1820. The van der Waals surface area contributed by atoms with Gasteiger partial charge in [-0.2, -0.15) is 10.2 Å². The van der Waals surface area contributed by atoms with E-state index in [0.29, 0.717) is 11.1 Å². The number of benzene rings is 6. The van der Waals surface area contributed by atoms with Crippen LogP contribution in [0.3, 0.4) is 0 Å². The number of carbonyl (C=O) groups is 2. The lowest BCUT2D eigenvalue weighted by Crippen LogP contribution is -1.85. The molecule has 0 spiro atoms. The van der Waals surface area contributed by atoms with Crippen LogP contribution in [0.2, 0.25) is 0 Å². The van der Waals surface area contributed by atoms with Crippen LogP contribution in [0.15, 0.2) is 144 Å². The van der Waals surface area contributed by atoms with Crippen LogP contribution in [0.1, 0.15) is 31.8 Å². The Morgan fingerprint density at radius 3 is 0.977 bits per heavy atom. The standard InChI is InChI=1S/C40H30N2O2/c1-27-23-37(19-21-39(27)35-15-11-33(12-16-35)31-7-3-29(25-43)4-8-31)41-42-38-20-22-40(28(2)24-38)36-17-13-34(14-18-36)32-9-5-30(26-44)6-10-32/h3-26H,1-2H3. The Labute approximate surface area is 257 Å². The average molecular weight is 571 g/mol. The maximum atomic E-state index is 10.9. The van der Waals surface area contributed by atoms with Crippen molar-refractivity contribution in [2.24, 2.45) is 10.2 Å². The fourth-order valence-corrected chi connectivity index (χ4v) is 5.38. The molecule has 0 aliphatic heterocycles. The topological polar surface area (TPSA) is 58.9 Å². The summed E-state index contributed by atoms with van der Waals surface area (Å²) >= 11 is 0. The van der Waals surface area contributed by atoms with Crippen molar-refractivity contribution in [3.05, 3.63) is 156 Å². The van der Waals surface area contributed by atoms with Gasteiger partial charge in [0.1, 0.15) is 12.6 Å². The summed E-state index contributed by atoms with van der Waals surface area (Å²) in [6.07, 6.45) is 1.72. The number of rotatable bonds is 8. The van der Waals surface area contributed by atoms with Gasteiger partial charge in [-0.25, -0.2) is 0 Å². The van der Waals surface area contributed by atoms with Crippen molar-refractivity contribution in [2.75, 3.05) is 0 Å². The summed E-state index contributed by atoms with van der Waals surface area (Å²) in [4.78, 5) is 21.9. The van der Waals surface area contributed by atoms with Gasteiger partial charge in [0, 0.05) is 11.1 Å². The van der Waals surface area contributed by atoms with E-state index in [0.717, 1.165) is 79.6 Å². The molecule has 0 fully saturated rings. The number of aldehydes is 2. The number of hydrogen-bond acceptors (Lipinski definition) is 4. The fraction of sp³-hybridized carbons (Fsp3) is 0.0500. The van der Waals surface area contributed by atoms with E-state index in [4.69, 9.17) is 0 Å². The first kappa shape index (κ1) is 28.4. The Kier molecular flexibility index (Phi) is 8.15. The second-order valence-electron chi connectivity index (χ2n) is 10.8. The molecule has 212 valence electrons. The monoisotopic (exact) mass is 570 g/mol. The van der Waals surface area contributed by atoms with E-state index in [1.54, 1.807) is 0 Å². The molecule has 0 aromatic heterocycles. The molecule has 0 aliphatic carbocycles. The van der Waals surface area contributed by atoms with Gasteiger partial charge in [-0.3, -0.25) is 9.59 Å². The molecule has 0 bridgehead atoms. The van der Waals surface area contributed by atoms with Crippen LogP contribution < -0.4 is 0 Å². The Morgan fingerprint density at radius 1 is 0.386 bits per heavy atom. The lowest BCUT2D eigenvalue weighted by Gasteiger charge is -2.09. The summed E-state index contributed by atoms with van der Waals surface area (Å²) in [7, 11) is 0. The SMILES string of the molecule is Cc1cc(N=Nc2ccc(-c3ccc(-c4ccc(C=O)cc4)cc3)c(C)c2)ccc1-c1ccc(-c2ccc(C=O)cc2)cc1. The van der Waals surface area contributed by atoms with E-state index in [9.17, 15) is 9.59 Å². The Morgan fingerprint density at radius 2 is 0.682 bits per heavy atom. The van der Waals surface area contributed by atoms with Crippen LogP contribution >= 0.6 is 0 Å². The number of nitrogens with zero attached hydrogens (tertiary/aromatic N) is 2. The first-order valence-electron chi connectivity index (χ1n) is 14.5. The van der Waals surface area contributed by atoms with Crippen molar-refractivity contribution in [3.8, 4) is 44.5 Å². The smallest absolute Gasteiger partial charge is 0.150 e. The third-order valence-electron chi connectivity index (χ3n) is 7.85. The maximum Gasteiger partial charge on any atom is 0.150 e.